The zero-order valence-electron chi connectivity index (χ0n) is 22.5. The van der Waals surface area contributed by atoms with Gasteiger partial charge in [-0.25, -0.2) is 16.8 Å². The van der Waals surface area contributed by atoms with Crippen molar-refractivity contribution in [2.45, 2.75) is 42.5 Å². The summed E-state index contributed by atoms with van der Waals surface area (Å²) in [6, 6.07) is 16.9. The molecule has 1 aliphatic heterocycles. The number of rotatable bonds is 12. The van der Waals surface area contributed by atoms with Crippen LogP contribution in [-0.2, 0) is 31.4 Å². The topological polar surface area (TPSA) is 131 Å². The number of hydrogen-bond donors (Lipinski definition) is 2. The van der Waals surface area contributed by atoms with Crippen molar-refractivity contribution in [2.24, 2.45) is 0 Å². The van der Waals surface area contributed by atoms with Gasteiger partial charge in [-0.15, -0.1) is 0 Å². The van der Waals surface area contributed by atoms with E-state index in [2.05, 4.69) is 10.0 Å². The normalized spacial score (nSPS) is 14.3. The van der Waals surface area contributed by atoms with Crippen LogP contribution < -0.4 is 19.5 Å². The number of sulfonamides is 2. The van der Waals surface area contributed by atoms with E-state index in [9.17, 15) is 21.6 Å². The van der Waals surface area contributed by atoms with Crippen molar-refractivity contribution in [1.29, 1.82) is 0 Å². The van der Waals surface area contributed by atoms with Crippen molar-refractivity contribution in [3.8, 4) is 11.5 Å². The first-order valence-corrected chi connectivity index (χ1v) is 16.4. The van der Waals surface area contributed by atoms with Crippen molar-refractivity contribution in [1.82, 2.24) is 9.62 Å². The highest BCUT2D eigenvalue weighted by Gasteiger charge is 2.25. The number of benzene rings is 3. The summed E-state index contributed by atoms with van der Waals surface area (Å²) in [6.07, 6.45) is 2.76. The fraction of sp³-hybridized carbons (Fsp3) is 0.321. The van der Waals surface area contributed by atoms with Crippen LogP contribution in [0.5, 0.6) is 11.5 Å². The van der Waals surface area contributed by atoms with E-state index in [4.69, 9.17) is 21.1 Å². The van der Waals surface area contributed by atoms with E-state index in [0.29, 0.717) is 31.1 Å². The Morgan fingerprint density at radius 3 is 2.17 bits per heavy atom. The lowest BCUT2D eigenvalue weighted by Gasteiger charge is -2.25. The molecule has 13 heteroatoms. The van der Waals surface area contributed by atoms with Gasteiger partial charge in [0.1, 0.15) is 11.5 Å². The van der Waals surface area contributed by atoms with Crippen LogP contribution in [0.4, 0.5) is 5.69 Å². The molecule has 2 N–H and O–H groups in total. The van der Waals surface area contributed by atoms with Gasteiger partial charge in [-0.2, -0.15) is 4.31 Å². The Balaban J connectivity index is 1.28. The third-order valence-electron chi connectivity index (χ3n) is 6.36. The molecule has 1 fully saturated rings. The summed E-state index contributed by atoms with van der Waals surface area (Å²) in [7, 11) is -7.44. The molecule has 10 nitrogen and oxygen atoms in total. The SMILES string of the molecule is CCOc1ccc(NS(=O)(=O)c2ccc(OCC(=O)NCc3ccc(S(=O)(=O)N4CCCCC4)cc3)c(Cl)c2)cc1. The number of nitrogens with one attached hydrogen (secondary N) is 2. The second-order valence-electron chi connectivity index (χ2n) is 9.33. The number of amides is 1. The van der Waals surface area contributed by atoms with E-state index in [-0.39, 0.29) is 33.7 Å². The van der Waals surface area contributed by atoms with Crippen LogP contribution in [0.25, 0.3) is 0 Å². The Kier molecular flexibility index (Phi) is 10.1. The summed E-state index contributed by atoms with van der Waals surface area (Å²) >= 11 is 6.24. The van der Waals surface area contributed by atoms with Crippen molar-refractivity contribution in [3.05, 3.63) is 77.3 Å². The highest BCUT2D eigenvalue weighted by atomic mass is 35.5. The van der Waals surface area contributed by atoms with Crippen LogP contribution in [0, 0.1) is 0 Å². The summed E-state index contributed by atoms with van der Waals surface area (Å²) in [5, 5.41) is 2.73. The van der Waals surface area contributed by atoms with Crippen LogP contribution in [0.3, 0.4) is 0 Å². The Hall–Kier alpha value is -3.32. The van der Waals surface area contributed by atoms with Crippen molar-refractivity contribution >= 4 is 43.2 Å². The molecule has 3 aromatic carbocycles. The molecular weight excluding hydrogens is 590 g/mol. The molecule has 41 heavy (non-hydrogen) atoms. The standard InChI is InChI=1S/C28H32ClN3O7S2/c1-2-38-23-10-8-22(9-11-23)31-40(34,35)25-14-15-27(26(29)18-25)39-20-28(33)30-19-21-6-12-24(13-7-21)41(36,37)32-16-4-3-5-17-32/h6-15,18,31H,2-5,16-17,19-20H2,1H3,(H,30,33). The molecule has 0 unspecified atom stereocenters. The van der Waals surface area contributed by atoms with Crippen LogP contribution in [-0.4, -0.2) is 53.4 Å². The molecule has 4 rings (SSSR count). The lowest BCUT2D eigenvalue weighted by atomic mass is 10.2. The number of hydrogen-bond acceptors (Lipinski definition) is 7. The molecule has 0 bridgehead atoms. The first kappa shape index (κ1) is 30.6. The zero-order chi connectivity index (χ0) is 29.5. The fourth-order valence-electron chi connectivity index (χ4n) is 4.19. The molecule has 1 aliphatic rings. The predicted octanol–water partition coefficient (Wildman–Crippen LogP) is 4.41. The molecule has 0 atom stereocenters. The van der Waals surface area contributed by atoms with Gasteiger partial charge in [0.25, 0.3) is 15.9 Å². The predicted molar refractivity (Wildman–Crippen MR) is 156 cm³/mol. The number of nitrogens with zero attached hydrogens (tertiary/aromatic N) is 1. The van der Waals surface area contributed by atoms with Crippen LogP contribution in [0.15, 0.2) is 76.5 Å². The van der Waals surface area contributed by atoms with E-state index in [1.165, 1.54) is 22.5 Å². The van der Waals surface area contributed by atoms with Gasteiger partial charge < -0.3 is 14.8 Å². The van der Waals surface area contributed by atoms with Gasteiger partial charge >= 0.3 is 0 Å². The van der Waals surface area contributed by atoms with Crippen molar-refractivity contribution in [3.63, 3.8) is 0 Å². The van der Waals surface area contributed by atoms with Gasteiger partial charge in [-0.1, -0.05) is 30.2 Å². The minimum absolute atomic E-state index is 0.0258. The summed E-state index contributed by atoms with van der Waals surface area (Å²) in [5.41, 5.74) is 1.09. The van der Waals surface area contributed by atoms with Gasteiger partial charge in [0, 0.05) is 25.3 Å². The maximum Gasteiger partial charge on any atom is 0.261 e. The number of halogens is 1. The van der Waals surface area contributed by atoms with Gasteiger partial charge in [0.15, 0.2) is 6.61 Å². The van der Waals surface area contributed by atoms with E-state index < -0.39 is 26.0 Å². The average Bonchev–Trinajstić information content (AvgIpc) is 2.97. The molecule has 0 saturated carbocycles. The third-order valence-corrected chi connectivity index (χ3v) is 9.94. The largest absolute Gasteiger partial charge is 0.494 e. The zero-order valence-corrected chi connectivity index (χ0v) is 24.9. The highest BCUT2D eigenvalue weighted by molar-refractivity contribution is 7.92. The average molecular weight is 622 g/mol. The maximum atomic E-state index is 12.8. The molecule has 1 amide bonds. The molecule has 0 radical (unpaired) electrons. The number of anilines is 1. The lowest BCUT2D eigenvalue weighted by molar-refractivity contribution is -0.123. The smallest absolute Gasteiger partial charge is 0.261 e. The van der Waals surface area contributed by atoms with Crippen LogP contribution >= 0.6 is 11.6 Å². The summed E-state index contributed by atoms with van der Waals surface area (Å²) in [6.45, 7) is 3.24. The van der Waals surface area contributed by atoms with Crippen LogP contribution in [0.2, 0.25) is 5.02 Å². The quantitative estimate of drug-likeness (QED) is 0.306. The van der Waals surface area contributed by atoms with Gasteiger partial charge in [-0.3, -0.25) is 9.52 Å². The second kappa shape index (κ2) is 13.6. The first-order valence-electron chi connectivity index (χ1n) is 13.1. The third kappa shape index (κ3) is 8.13. The van der Waals surface area contributed by atoms with Crippen molar-refractivity contribution in [2.75, 3.05) is 31.0 Å². The molecule has 220 valence electrons. The van der Waals surface area contributed by atoms with E-state index >= 15 is 0 Å². The molecule has 1 saturated heterocycles. The number of carbonyl (C=O) groups excluding carboxylic acids is 1. The lowest BCUT2D eigenvalue weighted by Crippen LogP contribution is -2.35. The second-order valence-corrected chi connectivity index (χ2v) is 13.4. The fourth-order valence-corrected chi connectivity index (χ4v) is 7.10. The van der Waals surface area contributed by atoms with E-state index in [1.807, 2.05) is 6.92 Å². The van der Waals surface area contributed by atoms with Gasteiger partial charge in [0.2, 0.25) is 10.0 Å². The van der Waals surface area contributed by atoms with E-state index in [1.54, 1.807) is 48.5 Å². The Morgan fingerprint density at radius 2 is 1.54 bits per heavy atom. The summed E-state index contributed by atoms with van der Waals surface area (Å²) in [5.74, 6) is 0.342. The highest BCUT2D eigenvalue weighted by Crippen LogP contribution is 2.29. The number of ether oxygens (including phenoxy) is 2. The first-order chi connectivity index (χ1) is 19.6. The minimum Gasteiger partial charge on any atom is -0.494 e. The minimum atomic E-state index is -3.92. The van der Waals surface area contributed by atoms with Gasteiger partial charge in [-0.05, 0) is 79.9 Å². The van der Waals surface area contributed by atoms with Crippen LogP contribution in [0.1, 0.15) is 31.7 Å². The summed E-state index contributed by atoms with van der Waals surface area (Å²) < 4.78 is 66.0. The molecule has 0 spiro atoms. The Bertz CT molecular complexity index is 1560. The van der Waals surface area contributed by atoms with E-state index in [0.717, 1.165) is 24.8 Å². The number of piperidine rings is 1. The monoisotopic (exact) mass is 621 g/mol. The molecule has 0 aromatic heterocycles. The molecule has 3 aromatic rings. The van der Waals surface area contributed by atoms with Crippen molar-refractivity contribution < 1.29 is 31.1 Å². The Morgan fingerprint density at radius 1 is 0.878 bits per heavy atom. The molecule has 1 heterocycles. The summed E-state index contributed by atoms with van der Waals surface area (Å²) in [4.78, 5) is 12.5. The maximum absolute atomic E-state index is 12.8. The molecular formula is C28H32ClN3O7S2. The molecule has 0 aliphatic carbocycles. The number of carbonyl (C=O) groups is 1. The van der Waals surface area contributed by atoms with Gasteiger partial charge in [0.05, 0.1) is 21.4 Å². The Labute approximate surface area is 245 Å².